The van der Waals surface area contributed by atoms with Gasteiger partial charge >= 0.3 is 0 Å². The van der Waals surface area contributed by atoms with Crippen molar-refractivity contribution < 1.29 is 16.8 Å². The van der Waals surface area contributed by atoms with Crippen LogP contribution in [-0.4, -0.2) is 29.1 Å². The Hall–Kier alpha value is -0.920. The molecule has 0 heterocycles. The fraction of sp³-hybridized carbons (Fsp3) is 0.571. The minimum absolute atomic E-state index is 0.112. The van der Waals surface area contributed by atoms with Gasteiger partial charge in [-0.1, -0.05) is 19.1 Å². The van der Waals surface area contributed by atoms with Crippen LogP contribution in [0.25, 0.3) is 0 Å². The van der Waals surface area contributed by atoms with E-state index in [1.54, 1.807) is 0 Å². The summed E-state index contributed by atoms with van der Waals surface area (Å²) in [6, 6.07) is 5.61. The Labute approximate surface area is 126 Å². The molecular formula is C14H21NO4S2. The Kier molecular flexibility index (Phi) is 4.75. The van der Waals surface area contributed by atoms with Crippen LogP contribution in [0.2, 0.25) is 0 Å². The lowest BCUT2D eigenvalue weighted by atomic mass is 9.88. The smallest absolute Gasteiger partial charge is 0.224 e. The van der Waals surface area contributed by atoms with Crippen molar-refractivity contribution in [3.8, 4) is 0 Å². The molecule has 1 aromatic rings. The van der Waals surface area contributed by atoms with Gasteiger partial charge in [-0.3, -0.25) is 0 Å². The Morgan fingerprint density at radius 1 is 0.952 bits per heavy atom. The molecular weight excluding hydrogens is 310 g/mol. The second kappa shape index (κ2) is 6.06. The minimum Gasteiger partial charge on any atom is -0.224 e. The van der Waals surface area contributed by atoms with Gasteiger partial charge in [0, 0.05) is 12.3 Å². The summed E-state index contributed by atoms with van der Waals surface area (Å²) in [5, 5.41) is 0. The molecule has 0 bridgehead atoms. The summed E-state index contributed by atoms with van der Waals surface area (Å²) in [6.07, 6.45) is 4.58. The molecule has 1 fully saturated rings. The highest BCUT2D eigenvalue weighted by Gasteiger charge is 2.27. The van der Waals surface area contributed by atoms with E-state index >= 15 is 0 Å². The Morgan fingerprint density at radius 3 is 2.00 bits per heavy atom. The molecule has 0 unspecified atom stereocenters. The number of rotatable bonds is 4. The van der Waals surface area contributed by atoms with Crippen molar-refractivity contribution >= 4 is 19.9 Å². The summed E-state index contributed by atoms with van der Waals surface area (Å²) in [5.41, 5.74) is 0. The van der Waals surface area contributed by atoms with Gasteiger partial charge in [-0.25, -0.2) is 21.6 Å². The Balaban J connectivity index is 2.29. The molecule has 1 saturated carbocycles. The molecule has 0 aromatic heterocycles. The first kappa shape index (κ1) is 16.5. The van der Waals surface area contributed by atoms with Gasteiger partial charge < -0.3 is 0 Å². The van der Waals surface area contributed by atoms with Crippen LogP contribution in [-0.2, 0) is 19.9 Å². The minimum atomic E-state index is -3.82. The molecule has 0 saturated heterocycles. The van der Waals surface area contributed by atoms with Gasteiger partial charge in [0.15, 0.2) is 9.84 Å². The van der Waals surface area contributed by atoms with Crippen LogP contribution in [0.1, 0.15) is 32.6 Å². The van der Waals surface area contributed by atoms with Gasteiger partial charge in [0.05, 0.1) is 4.90 Å². The summed E-state index contributed by atoms with van der Waals surface area (Å²) >= 11 is 0. The summed E-state index contributed by atoms with van der Waals surface area (Å²) < 4.78 is 51.1. The molecule has 118 valence electrons. The SMILES string of the molecule is CC1CCC(NS(=O)(=O)c2ccccc2S(C)(=O)=O)CC1. The lowest BCUT2D eigenvalue weighted by molar-refractivity contribution is 0.332. The summed E-state index contributed by atoms with van der Waals surface area (Å²) in [7, 11) is -7.41. The predicted molar refractivity (Wildman–Crippen MR) is 81.3 cm³/mol. The highest BCUT2D eigenvalue weighted by molar-refractivity contribution is 7.93. The number of sulfonamides is 1. The third-order valence-electron chi connectivity index (χ3n) is 3.88. The monoisotopic (exact) mass is 331 g/mol. The van der Waals surface area contributed by atoms with Crippen LogP contribution in [0.3, 0.4) is 0 Å². The largest absolute Gasteiger partial charge is 0.242 e. The molecule has 0 atom stereocenters. The Morgan fingerprint density at radius 2 is 1.48 bits per heavy atom. The average molecular weight is 331 g/mol. The molecule has 0 aliphatic heterocycles. The number of hydrogen-bond donors (Lipinski definition) is 1. The molecule has 1 aliphatic rings. The highest BCUT2D eigenvalue weighted by atomic mass is 32.2. The van der Waals surface area contributed by atoms with Crippen molar-refractivity contribution in [2.24, 2.45) is 5.92 Å². The first-order valence-electron chi connectivity index (χ1n) is 7.01. The molecule has 2 rings (SSSR count). The van der Waals surface area contributed by atoms with E-state index in [2.05, 4.69) is 11.6 Å². The van der Waals surface area contributed by atoms with E-state index in [1.165, 1.54) is 24.3 Å². The highest BCUT2D eigenvalue weighted by Crippen LogP contribution is 2.26. The van der Waals surface area contributed by atoms with Crippen molar-refractivity contribution in [1.82, 2.24) is 4.72 Å². The van der Waals surface area contributed by atoms with Crippen molar-refractivity contribution in [3.05, 3.63) is 24.3 Å². The predicted octanol–water partition coefficient (Wildman–Crippen LogP) is 1.95. The third kappa shape index (κ3) is 4.05. The van der Waals surface area contributed by atoms with Crippen LogP contribution < -0.4 is 4.72 Å². The third-order valence-corrected chi connectivity index (χ3v) is 6.74. The second-order valence-electron chi connectivity index (χ2n) is 5.80. The van der Waals surface area contributed by atoms with Gasteiger partial charge in [-0.15, -0.1) is 0 Å². The number of benzene rings is 1. The van der Waals surface area contributed by atoms with E-state index in [9.17, 15) is 16.8 Å². The van der Waals surface area contributed by atoms with Crippen LogP contribution in [0.5, 0.6) is 0 Å². The van der Waals surface area contributed by atoms with E-state index in [4.69, 9.17) is 0 Å². The van der Waals surface area contributed by atoms with Crippen LogP contribution >= 0.6 is 0 Å². The zero-order chi connectivity index (χ0) is 15.7. The maximum absolute atomic E-state index is 12.5. The van der Waals surface area contributed by atoms with Gasteiger partial charge in [0.1, 0.15) is 4.90 Å². The van der Waals surface area contributed by atoms with Crippen LogP contribution in [0.4, 0.5) is 0 Å². The molecule has 5 nitrogen and oxygen atoms in total. The van der Waals surface area contributed by atoms with Crippen molar-refractivity contribution in [2.45, 2.75) is 48.4 Å². The second-order valence-corrected chi connectivity index (χ2v) is 9.46. The quantitative estimate of drug-likeness (QED) is 0.914. The molecule has 0 amide bonds. The van der Waals surface area contributed by atoms with Crippen LogP contribution in [0.15, 0.2) is 34.1 Å². The van der Waals surface area contributed by atoms with Gasteiger partial charge in [-0.05, 0) is 43.7 Å². The number of sulfone groups is 1. The maximum atomic E-state index is 12.5. The molecule has 0 spiro atoms. The summed E-state index contributed by atoms with van der Waals surface area (Å²) in [5.74, 6) is 0.619. The molecule has 7 heteroatoms. The van der Waals surface area contributed by atoms with Gasteiger partial charge in [-0.2, -0.15) is 0 Å². The van der Waals surface area contributed by atoms with Crippen LogP contribution in [0, 0.1) is 5.92 Å². The summed E-state index contributed by atoms with van der Waals surface area (Å²) in [6.45, 7) is 2.16. The van der Waals surface area contributed by atoms with E-state index in [1.807, 2.05) is 0 Å². The van der Waals surface area contributed by atoms with E-state index in [0.29, 0.717) is 5.92 Å². The molecule has 21 heavy (non-hydrogen) atoms. The van der Waals surface area contributed by atoms with Crippen molar-refractivity contribution in [3.63, 3.8) is 0 Å². The molecule has 1 N–H and O–H groups in total. The zero-order valence-electron chi connectivity index (χ0n) is 12.2. The first-order chi connectivity index (χ1) is 9.70. The zero-order valence-corrected chi connectivity index (χ0v) is 13.9. The first-order valence-corrected chi connectivity index (χ1v) is 10.4. The van der Waals surface area contributed by atoms with Crippen molar-refractivity contribution in [2.75, 3.05) is 6.26 Å². The normalized spacial score (nSPS) is 23.9. The summed E-state index contributed by atoms with van der Waals surface area (Å²) in [4.78, 5) is -0.312. The van der Waals surface area contributed by atoms with Gasteiger partial charge in [0.2, 0.25) is 10.0 Å². The van der Waals surface area contributed by atoms with E-state index in [0.717, 1.165) is 31.9 Å². The topological polar surface area (TPSA) is 80.3 Å². The fourth-order valence-electron chi connectivity index (χ4n) is 2.64. The molecule has 1 aromatic carbocycles. The standard InChI is InChI=1S/C14H21NO4S2/c1-11-7-9-12(10-8-11)15-21(18,19)14-6-4-3-5-13(14)20(2,16)17/h3-6,11-12,15H,7-10H2,1-2H3. The lowest BCUT2D eigenvalue weighted by Crippen LogP contribution is -2.37. The average Bonchev–Trinajstić information content (AvgIpc) is 2.40. The van der Waals surface area contributed by atoms with E-state index in [-0.39, 0.29) is 15.8 Å². The van der Waals surface area contributed by atoms with Crippen molar-refractivity contribution in [1.29, 1.82) is 0 Å². The maximum Gasteiger partial charge on any atom is 0.242 e. The lowest BCUT2D eigenvalue weighted by Gasteiger charge is -2.26. The number of nitrogens with one attached hydrogen (secondary N) is 1. The number of hydrogen-bond acceptors (Lipinski definition) is 4. The Bertz CT molecular complexity index is 702. The fourth-order valence-corrected chi connectivity index (χ4v) is 5.57. The molecule has 1 aliphatic carbocycles. The van der Waals surface area contributed by atoms with Gasteiger partial charge in [0.25, 0.3) is 0 Å². The molecule has 0 radical (unpaired) electrons. The van der Waals surface area contributed by atoms with E-state index < -0.39 is 19.9 Å².